The molecule has 1 fully saturated rings. The van der Waals surface area contributed by atoms with Crippen LogP contribution in [0.5, 0.6) is 0 Å². The molecule has 0 aliphatic carbocycles. The summed E-state index contributed by atoms with van der Waals surface area (Å²) in [7, 11) is 2.19. The van der Waals surface area contributed by atoms with E-state index in [1.807, 2.05) is 11.3 Å². The quantitative estimate of drug-likeness (QED) is 0.817. The smallest absolute Gasteiger partial charge is 0.0340 e. The molecule has 2 heterocycles. The third-order valence-electron chi connectivity index (χ3n) is 2.65. The highest BCUT2D eigenvalue weighted by Gasteiger charge is 2.15. The summed E-state index contributed by atoms with van der Waals surface area (Å²) >= 11 is 5.42. The van der Waals surface area contributed by atoms with Crippen molar-refractivity contribution in [2.75, 3.05) is 33.2 Å². The summed E-state index contributed by atoms with van der Waals surface area (Å²) in [5.74, 6) is 0. The van der Waals surface area contributed by atoms with E-state index in [0.29, 0.717) is 0 Å². The molecule has 0 unspecified atom stereocenters. The summed E-state index contributed by atoms with van der Waals surface area (Å²) in [5.41, 5.74) is 0. The van der Waals surface area contributed by atoms with Crippen molar-refractivity contribution in [2.45, 2.75) is 6.54 Å². The third kappa shape index (κ3) is 2.57. The van der Waals surface area contributed by atoms with Crippen molar-refractivity contribution in [2.24, 2.45) is 0 Å². The molecule has 0 bridgehead atoms. The van der Waals surface area contributed by atoms with Crippen molar-refractivity contribution in [1.29, 1.82) is 0 Å². The van der Waals surface area contributed by atoms with Gasteiger partial charge in [-0.2, -0.15) is 0 Å². The summed E-state index contributed by atoms with van der Waals surface area (Å²) in [5, 5.41) is 2.15. The van der Waals surface area contributed by atoms with E-state index in [1.54, 1.807) is 0 Å². The first-order chi connectivity index (χ1) is 6.75. The molecule has 0 amide bonds. The highest BCUT2D eigenvalue weighted by atomic mass is 79.9. The van der Waals surface area contributed by atoms with Gasteiger partial charge in [0, 0.05) is 42.1 Å². The molecule has 1 aliphatic rings. The Morgan fingerprint density at radius 1 is 1.36 bits per heavy atom. The first-order valence-electron chi connectivity index (χ1n) is 4.88. The van der Waals surface area contributed by atoms with Gasteiger partial charge >= 0.3 is 0 Å². The van der Waals surface area contributed by atoms with Crippen LogP contribution in [0.15, 0.2) is 15.9 Å². The van der Waals surface area contributed by atoms with Crippen LogP contribution in [0.3, 0.4) is 0 Å². The number of nitrogens with zero attached hydrogens (tertiary/aromatic N) is 2. The largest absolute Gasteiger partial charge is 0.304 e. The third-order valence-corrected chi connectivity index (χ3v) is 4.57. The average Bonchev–Trinajstić information content (AvgIpc) is 2.56. The van der Waals surface area contributed by atoms with Gasteiger partial charge in [-0.05, 0) is 34.4 Å². The summed E-state index contributed by atoms with van der Waals surface area (Å²) < 4.78 is 1.27. The van der Waals surface area contributed by atoms with Gasteiger partial charge in [-0.1, -0.05) is 0 Å². The van der Waals surface area contributed by atoms with Gasteiger partial charge in [-0.3, -0.25) is 4.90 Å². The van der Waals surface area contributed by atoms with E-state index in [1.165, 1.54) is 35.5 Å². The van der Waals surface area contributed by atoms with Crippen LogP contribution >= 0.6 is 27.3 Å². The Kier molecular flexibility index (Phi) is 3.60. The predicted molar refractivity (Wildman–Crippen MR) is 64.8 cm³/mol. The predicted octanol–water partition coefficient (Wildman–Crippen LogP) is 2.26. The Bertz CT molecular complexity index is 292. The second-order valence-electron chi connectivity index (χ2n) is 3.77. The zero-order valence-electron chi connectivity index (χ0n) is 8.37. The van der Waals surface area contributed by atoms with Crippen molar-refractivity contribution in [3.8, 4) is 0 Å². The van der Waals surface area contributed by atoms with E-state index in [0.717, 1.165) is 6.54 Å². The molecule has 78 valence electrons. The number of thiophene rings is 1. The van der Waals surface area contributed by atoms with Gasteiger partial charge in [0.2, 0.25) is 0 Å². The zero-order valence-corrected chi connectivity index (χ0v) is 10.8. The fourth-order valence-corrected chi connectivity index (χ4v) is 3.17. The summed E-state index contributed by atoms with van der Waals surface area (Å²) in [4.78, 5) is 6.37. The Morgan fingerprint density at radius 2 is 2.07 bits per heavy atom. The van der Waals surface area contributed by atoms with Gasteiger partial charge in [0.05, 0.1) is 0 Å². The van der Waals surface area contributed by atoms with Gasteiger partial charge < -0.3 is 4.90 Å². The topological polar surface area (TPSA) is 6.48 Å². The van der Waals surface area contributed by atoms with Crippen molar-refractivity contribution in [3.63, 3.8) is 0 Å². The van der Waals surface area contributed by atoms with Crippen molar-refractivity contribution < 1.29 is 0 Å². The van der Waals surface area contributed by atoms with Gasteiger partial charge in [-0.15, -0.1) is 11.3 Å². The molecular formula is C10H15BrN2S. The number of rotatable bonds is 2. The van der Waals surface area contributed by atoms with Crippen LogP contribution in [-0.2, 0) is 6.54 Å². The first kappa shape index (κ1) is 10.6. The molecule has 2 nitrogen and oxygen atoms in total. The Hall–Kier alpha value is 0.100. The summed E-state index contributed by atoms with van der Waals surface area (Å²) in [6.07, 6.45) is 0. The minimum atomic E-state index is 1.10. The number of likely N-dealkylation sites (N-methyl/N-ethyl adjacent to an activating group) is 1. The van der Waals surface area contributed by atoms with Gasteiger partial charge in [0.25, 0.3) is 0 Å². The molecule has 4 heteroatoms. The maximum Gasteiger partial charge on any atom is 0.0340 e. The van der Waals surface area contributed by atoms with E-state index in [-0.39, 0.29) is 0 Å². The fraction of sp³-hybridized carbons (Fsp3) is 0.600. The molecule has 1 aliphatic heterocycles. The molecule has 0 aromatic carbocycles. The zero-order chi connectivity index (χ0) is 9.97. The molecule has 0 atom stereocenters. The van der Waals surface area contributed by atoms with Crippen LogP contribution in [0, 0.1) is 0 Å². The van der Waals surface area contributed by atoms with Crippen molar-refractivity contribution in [1.82, 2.24) is 9.80 Å². The summed E-state index contributed by atoms with van der Waals surface area (Å²) in [6.45, 7) is 5.89. The number of halogens is 1. The van der Waals surface area contributed by atoms with Crippen LogP contribution < -0.4 is 0 Å². The second kappa shape index (κ2) is 4.75. The van der Waals surface area contributed by atoms with Gasteiger partial charge in [0.15, 0.2) is 0 Å². The van der Waals surface area contributed by atoms with Crippen LogP contribution in [0.1, 0.15) is 4.88 Å². The molecule has 2 rings (SSSR count). The van der Waals surface area contributed by atoms with Gasteiger partial charge in [-0.25, -0.2) is 0 Å². The monoisotopic (exact) mass is 274 g/mol. The maximum atomic E-state index is 3.58. The van der Waals surface area contributed by atoms with E-state index in [2.05, 4.69) is 44.2 Å². The van der Waals surface area contributed by atoms with Crippen LogP contribution in [-0.4, -0.2) is 43.0 Å². The molecule has 0 saturated carbocycles. The SMILES string of the molecule is CN1CCN(Cc2sccc2Br)CC1. The van der Waals surface area contributed by atoms with Crippen LogP contribution in [0.2, 0.25) is 0 Å². The highest BCUT2D eigenvalue weighted by molar-refractivity contribution is 9.10. The highest BCUT2D eigenvalue weighted by Crippen LogP contribution is 2.24. The second-order valence-corrected chi connectivity index (χ2v) is 5.63. The first-order valence-corrected chi connectivity index (χ1v) is 6.56. The maximum absolute atomic E-state index is 3.58. The van der Waals surface area contributed by atoms with E-state index < -0.39 is 0 Å². The van der Waals surface area contributed by atoms with E-state index in [9.17, 15) is 0 Å². The molecule has 1 aromatic heterocycles. The molecule has 0 N–H and O–H groups in total. The number of hydrogen-bond acceptors (Lipinski definition) is 3. The molecule has 14 heavy (non-hydrogen) atoms. The van der Waals surface area contributed by atoms with E-state index >= 15 is 0 Å². The fourth-order valence-electron chi connectivity index (χ4n) is 1.65. The standard InChI is InChI=1S/C10H15BrN2S/c1-12-3-5-13(6-4-12)8-10-9(11)2-7-14-10/h2,7H,3-6,8H2,1H3. The van der Waals surface area contributed by atoms with Crippen LogP contribution in [0.4, 0.5) is 0 Å². The molecule has 0 radical (unpaired) electrons. The number of piperazine rings is 1. The molecule has 0 spiro atoms. The lowest BCUT2D eigenvalue weighted by Crippen LogP contribution is -2.43. The van der Waals surface area contributed by atoms with Crippen molar-refractivity contribution in [3.05, 3.63) is 20.8 Å². The van der Waals surface area contributed by atoms with E-state index in [4.69, 9.17) is 0 Å². The average molecular weight is 275 g/mol. The summed E-state index contributed by atoms with van der Waals surface area (Å²) in [6, 6.07) is 2.13. The minimum absolute atomic E-state index is 1.10. The lowest BCUT2D eigenvalue weighted by molar-refractivity contribution is 0.149. The van der Waals surface area contributed by atoms with Crippen molar-refractivity contribution >= 4 is 27.3 Å². The Labute approximate surface area is 97.6 Å². The Balaban J connectivity index is 1.89. The lowest BCUT2D eigenvalue weighted by Gasteiger charge is -2.32. The van der Waals surface area contributed by atoms with Gasteiger partial charge in [0.1, 0.15) is 0 Å². The number of hydrogen-bond donors (Lipinski definition) is 0. The minimum Gasteiger partial charge on any atom is -0.304 e. The molecule has 1 aromatic rings. The molecule has 1 saturated heterocycles. The van der Waals surface area contributed by atoms with Crippen LogP contribution in [0.25, 0.3) is 0 Å². The molecular weight excluding hydrogens is 260 g/mol. The lowest BCUT2D eigenvalue weighted by atomic mass is 10.3. The normalized spacial score (nSPS) is 20.1. The Morgan fingerprint density at radius 3 is 2.64 bits per heavy atom.